The first-order chi connectivity index (χ1) is 15.7. The molecule has 1 aromatic heterocycles. The molecule has 0 aliphatic heterocycles. The third-order valence-corrected chi connectivity index (χ3v) is 5.26. The number of hydrogen-bond acceptors (Lipinski definition) is 3. The van der Waals surface area contributed by atoms with Crippen molar-refractivity contribution in [1.29, 1.82) is 0 Å². The van der Waals surface area contributed by atoms with E-state index in [-0.39, 0.29) is 5.91 Å². The lowest BCUT2D eigenvalue weighted by atomic mass is 10.2. The van der Waals surface area contributed by atoms with Crippen LogP contribution in [0, 0.1) is 0 Å². The van der Waals surface area contributed by atoms with Gasteiger partial charge in [0.1, 0.15) is 18.2 Å². The number of aromatic nitrogens is 2. The summed E-state index contributed by atoms with van der Waals surface area (Å²) in [4.78, 5) is 16.9. The van der Waals surface area contributed by atoms with Crippen LogP contribution in [0.4, 0.5) is 0 Å². The van der Waals surface area contributed by atoms with Crippen molar-refractivity contribution in [3.8, 4) is 5.75 Å². The van der Waals surface area contributed by atoms with Gasteiger partial charge in [-0.3, -0.25) is 4.79 Å². The molecule has 0 saturated heterocycles. The van der Waals surface area contributed by atoms with Crippen LogP contribution in [-0.4, -0.2) is 28.6 Å². The Morgan fingerprint density at radius 2 is 1.75 bits per heavy atom. The van der Waals surface area contributed by atoms with Crippen molar-refractivity contribution in [3.63, 3.8) is 0 Å². The fourth-order valence-corrected chi connectivity index (χ4v) is 3.57. The number of para-hydroxylation sites is 2. The number of carbonyl (C=O) groups excluding carboxylic acids is 1. The molecule has 1 amide bonds. The van der Waals surface area contributed by atoms with Gasteiger partial charge in [0.2, 0.25) is 5.91 Å². The second-order valence-corrected chi connectivity index (χ2v) is 7.69. The van der Waals surface area contributed by atoms with E-state index in [1.54, 1.807) is 12.2 Å². The average molecular weight is 446 g/mol. The zero-order valence-electron chi connectivity index (χ0n) is 17.6. The zero-order chi connectivity index (χ0) is 22.2. The highest BCUT2D eigenvalue weighted by atomic mass is 35.5. The van der Waals surface area contributed by atoms with Gasteiger partial charge in [0.15, 0.2) is 0 Å². The molecule has 5 nitrogen and oxygen atoms in total. The van der Waals surface area contributed by atoms with Crippen molar-refractivity contribution < 1.29 is 9.53 Å². The SMILES string of the molecule is O=C(/C=C/c1ccccc1)NCCc1nc2ccccc2n1CCOc1ccc(Cl)cc1. The minimum atomic E-state index is -0.123. The summed E-state index contributed by atoms with van der Waals surface area (Å²) in [6.45, 7) is 1.65. The first-order valence-corrected chi connectivity index (χ1v) is 10.9. The normalized spacial score (nSPS) is 11.2. The van der Waals surface area contributed by atoms with Crippen LogP contribution in [0.1, 0.15) is 11.4 Å². The molecule has 1 heterocycles. The Kier molecular flexibility index (Phi) is 7.20. The van der Waals surface area contributed by atoms with Crippen LogP contribution in [-0.2, 0) is 17.8 Å². The summed E-state index contributed by atoms with van der Waals surface area (Å²) in [5.74, 6) is 1.57. The number of nitrogens with one attached hydrogen (secondary N) is 1. The molecule has 6 heteroatoms. The van der Waals surface area contributed by atoms with Gasteiger partial charge < -0.3 is 14.6 Å². The first kappa shape index (κ1) is 21.7. The number of fused-ring (bicyclic) bond motifs is 1. The molecule has 162 valence electrons. The van der Waals surface area contributed by atoms with Gasteiger partial charge in [-0.25, -0.2) is 4.98 Å². The van der Waals surface area contributed by atoms with Crippen molar-refractivity contribution in [3.05, 3.63) is 101 Å². The Bertz CT molecular complexity index is 1200. The number of rotatable bonds is 9. The molecule has 4 aromatic rings. The van der Waals surface area contributed by atoms with Crippen LogP contribution in [0.5, 0.6) is 5.75 Å². The monoisotopic (exact) mass is 445 g/mol. The predicted molar refractivity (Wildman–Crippen MR) is 129 cm³/mol. The molecule has 0 saturated carbocycles. The van der Waals surface area contributed by atoms with E-state index in [0.29, 0.717) is 31.1 Å². The van der Waals surface area contributed by atoms with Gasteiger partial charge in [-0.2, -0.15) is 0 Å². The third-order valence-electron chi connectivity index (χ3n) is 5.01. The van der Waals surface area contributed by atoms with E-state index in [1.807, 2.05) is 72.8 Å². The number of halogens is 1. The van der Waals surface area contributed by atoms with Gasteiger partial charge in [0, 0.05) is 24.1 Å². The smallest absolute Gasteiger partial charge is 0.244 e. The van der Waals surface area contributed by atoms with Crippen LogP contribution in [0.2, 0.25) is 5.02 Å². The molecule has 4 rings (SSSR count). The average Bonchev–Trinajstić information content (AvgIpc) is 3.17. The van der Waals surface area contributed by atoms with Gasteiger partial charge in [-0.15, -0.1) is 0 Å². The summed E-state index contributed by atoms with van der Waals surface area (Å²) in [7, 11) is 0. The topological polar surface area (TPSA) is 56.2 Å². The molecule has 0 aliphatic carbocycles. The van der Waals surface area contributed by atoms with Crippen molar-refractivity contribution in [2.45, 2.75) is 13.0 Å². The number of amides is 1. The Labute approximate surface area is 192 Å². The third kappa shape index (κ3) is 5.77. The standard InChI is InChI=1S/C26H24ClN3O2/c27-21-11-13-22(14-12-21)32-19-18-30-24-9-5-4-8-23(24)29-25(30)16-17-28-26(31)15-10-20-6-2-1-3-7-20/h1-15H,16-19H2,(H,28,31)/b15-10+. The van der Waals surface area contributed by atoms with Gasteiger partial charge in [0.05, 0.1) is 17.6 Å². The summed E-state index contributed by atoms with van der Waals surface area (Å²) >= 11 is 5.93. The number of benzene rings is 3. The second-order valence-electron chi connectivity index (χ2n) is 7.26. The fraction of sp³-hybridized carbons (Fsp3) is 0.154. The van der Waals surface area contributed by atoms with E-state index < -0.39 is 0 Å². The molecular weight excluding hydrogens is 422 g/mol. The number of ether oxygens (including phenoxy) is 1. The molecule has 0 fully saturated rings. The van der Waals surface area contributed by atoms with Crippen LogP contribution in [0.3, 0.4) is 0 Å². The van der Waals surface area contributed by atoms with Crippen LogP contribution < -0.4 is 10.1 Å². The summed E-state index contributed by atoms with van der Waals surface area (Å²) in [6.07, 6.45) is 3.98. The molecule has 3 aromatic carbocycles. The van der Waals surface area contributed by atoms with Crippen LogP contribution in [0.25, 0.3) is 17.1 Å². The molecule has 0 aliphatic rings. The number of carbonyl (C=O) groups is 1. The lowest BCUT2D eigenvalue weighted by Gasteiger charge is -2.11. The van der Waals surface area contributed by atoms with E-state index in [9.17, 15) is 4.79 Å². The summed E-state index contributed by atoms with van der Waals surface area (Å²) in [5, 5.41) is 3.62. The Hall–Kier alpha value is -3.57. The van der Waals surface area contributed by atoms with Crippen LogP contribution in [0.15, 0.2) is 84.9 Å². The quantitative estimate of drug-likeness (QED) is 0.363. The lowest BCUT2D eigenvalue weighted by molar-refractivity contribution is -0.116. The maximum atomic E-state index is 12.2. The highest BCUT2D eigenvalue weighted by Gasteiger charge is 2.11. The summed E-state index contributed by atoms with van der Waals surface area (Å²) in [5.41, 5.74) is 2.98. The fourth-order valence-electron chi connectivity index (χ4n) is 3.44. The molecule has 0 spiro atoms. The maximum Gasteiger partial charge on any atom is 0.244 e. The summed E-state index contributed by atoms with van der Waals surface area (Å²) < 4.78 is 8.02. The Morgan fingerprint density at radius 3 is 2.56 bits per heavy atom. The minimum absolute atomic E-state index is 0.123. The lowest BCUT2D eigenvalue weighted by Crippen LogP contribution is -2.25. The van der Waals surface area contributed by atoms with Gasteiger partial charge in [-0.05, 0) is 48.0 Å². The molecule has 1 N–H and O–H groups in total. The van der Waals surface area contributed by atoms with Crippen molar-refractivity contribution in [1.82, 2.24) is 14.9 Å². The van der Waals surface area contributed by atoms with Crippen molar-refractivity contribution in [2.75, 3.05) is 13.2 Å². The second kappa shape index (κ2) is 10.6. The minimum Gasteiger partial charge on any atom is -0.492 e. The van der Waals surface area contributed by atoms with E-state index >= 15 is 0 Å². The first-order valence-electron chi connectivity index (χ1n) is 10.5. The largest absolute Gasteiger partial charge is 0.492 e. The number of imidazole rings is 1. The van der Waals surface area contributed by atoms with E-state index in [0.717, 1.165) is 28.2 Å². The zero-order valence-corrected chi connectivity index (χ0v) is 18.3. The van der Waals surface area contributed by atoms with E-state index in [1.165, 1.54) is 0 Å². The molecule has 0 atom stereocenters. The molecule has 32 heavy (non-hydrogen) atoms. The van der Waals surface area contributed by atoms with Gasteiger partial charge >= 0.3 is 0 Å². The molecule has 0 bridgehead atoms. The van der Waals surface area contributed by atoms with E-state index in [4.69, 9.17) is 21.3 Å². The molecular formula is C26H24ClN3O2. The highest BCUT2D eigenvalue weighted by Crippen LogP contribution is 2.18. The molecule has 0 unspecified atom stereocenters. The van der Waals surface area contributed by atoms with E-state index in [2.05, 4.69) is 16.0 Å². The van der Waals surface area contributed by atoms with Crippen LogP contribution >= 0.6 is 11.6 Å². The Balaban J connectivity index is 1.37. The maximum absolute atomic E-state index is 12.2. The Morgan fingerprint density at radius 1 is 1.00 bits per heavy atom. The predicted octanol–water partition coefficient (Wildman–Crippen LogP) is 5.14. The van der Waals surface area contributed by atoms with Gasteiger partial charge in [-0.1, -0.05) is 54.1 Å². The van der Waals surface area contributed by atoms with Crippen molar-refractivity contribution in [2.24, 2.45) is 0 Å². The van der Waals surface area contributed by atoms with Gasteiger partial charge in [0.25, 0.3) is 0 Å². The highest BCUT2D eigenvalue weighted by molar-refractivity contribution is 6.30. The number of hydrogen-bond donors (Lipinski definition) is 1. The van der Waals surface area contributed by atoms with Crippen molar-refractivity contribution >= 4 is 34.6 Å². The number of nitrogens with zero attached hydrogens (tertiary/aromatic N) is 2. The molecule has 0 radical (unpaired) electrons. The summed E-state index contributed by atoms with van der Waals surface area (Å²) in [6, 6.07) is 25.1.